The average Bonchev–Trinajstić information content (AvgIpc) is 3.14. The summed E-state index contributed by atoms with van der Waals surface area (Å²) in [5, 5.41) is 16.9. The van der Waals surface area contributed by atoms with E-state index in [2.05, 4.69) is 48.8 Å². The Balaban J connectivity index is 3.87. The van der Waals surface area contributed by atoms with Gasteiger partial charge in [-0.25, -0.2) is 0 Å². The van der Waals surface area contributed by atoms with Crippen molar-refractivity contribution in [1.82, 2.24) is 15.5 Å². The zero-order valence-electron chi connectivity index (χ0n) is 35.3. The zero-order valence-corrected chi connectivity index (χ0v) is 35.3. The number of primary amides is 1. The van der Waals surface area contributed by atoms with Gasteiger partial charge in [0.1, 0.15) is 6.04 Å². The number of hydrogen-bond donors (Lipinski definition) is 4. The lowest BCUT2D eigenvalue weighted by Gasteiger charge is -2.28. The van der Waals surface area contributed by atoms with Crippen LogP contribution < -0.4 is 16.4 Å². The first-order valence-corrected chi connectivity index (χ1v) is 23.0. The van der Waals surface area contributed by atoms with Crippen molar-refractivity contribution in [1.29, 1.82) is 0 Å². The minimum absolute atomic E-state index is 0.138. The fourth-order valence-corrected chi connectivity index (χ4v) is 7.05. The van der Waals surface area contributed by atoms with Gasteiger partial charge in [0.25, 0.3) is 0 Å². The molecule has 0 heterocycles. The van der Waals surface area contributed by atoms with Crippen molar-refractivity contribution < 1.29 is 14.7 Å². The fraction of sp³-hybridized carbons (Fsp3) is 0.870. The first-order chi connectivity index (χ1) is 26.0. The molecule has 0 spiro atoms. The van der Waals surface area contributed by atoms with Gasteiger partial charge in [0.2, 0.25) is 5.91 Å². The Morgan fingerprint density at radius 3 is 1.11 bits per heavy atom. The smallest absolute Gasteiger partial charge is 0.321 e. The summed E-state index contributed by atoms with van der Waals surface area (Å²) in [5.74, 6) is -1.52. The van der Waals surface area contributed by atoms with Crippen LogP contribution in [0.25, 0.3) is 0 Å². The van der Waals surface area contributed by atoms with E-state index < -0.39 is 17.9 Å². The number of nitrogens with zero attached hydrogens (tertiary/aromatic N) is 1. The number of carboxylic acid groups (broad SMARTS) is 1. The van der Waals surface area contributed by atoms with Crippen LogP contribution in [0.5, 0.6) is 0 Å². The molecule has 1 atom stereocenters. The summed E-state index contributed by atoms with van der Waals surface area (Å²) in [4.78, 5) is 25.6. The summed E-state index contributed by atoms with van der Waals surface area (Å²) < 4.78 is 0. The Labute approximate surface area is 329 Å². The van der Waals surface area contributed by atoms with Crippen LogP contribution in [0, 0.1) is 0 Å². The number of carboxylic acids is 1. The molecule has 0 radical (unpaired) electrons. The number of carbonyl (C=O) groups is 2. The third kappa shape index (κ3) is 39.8. The second kappa shape index (κ2) is 43.0. The molecule has 0 aliphatic heterocycles. The second-order valence-electron chi connectivity index (χ2n) is 15.6. The summed E-state index contributed by atoms with van der Waals surface area (Å²) in [6, 6.07) is -0.848. The lowest BCUT2D eigenvalue weighted by molar-refractivity contribution is -0.145. The van der Waals surface area contributed by atoms with E-state index >= 15 is 0 Å². The van der Waals surface area contributed by atoms with Crippen LogP contribution in [-0.2, 0) is 9.59 Å². The van der Waals surface area contributed by atoms with Gasteiger partial charge in [0.05, 0.1) is 6.42 Å². The SMILES string of the molecule is CCCCCCCCC=CCCCCCCCCNCCCN(CCCNCCCCCCCCC=CCCCCCCCC)C(CC(N)=O)C(=O)O. The van der Waals surface area contributed by atoms with E-state index in [1.807, 2.05) is 4.90 Å². The van der Waals surface area contributed by atoms with Crippen LogP contribution in [0.1, 0.15) is 213 Å². The maximum atomic E-state index is 12.0. The van der Waals surface area contributed by atoms with Gasteiger partial charge >= 0.3 is 5.97 Å². The number of unbranched alkanes of at least 4 members (excludes halogenated alkanes) is 24. The molecule has 7 nitrogen and oxygen atoms in total. The van der Waals surface area contributed by atoms with Crippen molar-refractivity contribution in [3.05, 3.63) is 24.3 Å². The minimum Gasteiger partial charge on any atom is -0.480 e. The number of hydrogen-bond acceptors (Lipinski definition) is 5. The molecule has 312 valence electrons. The van der Waals surface area contributed by atoms with Crippen LogP contribution in [0.3, 0.4) is 0 Å². The van der Waals surface area contributed by atoms with Crippen LogP contribution in [-0.4, -0.2) is 67.2 Å². The summed E-state index contributed by atoms with van der Waals surface area (Å²) in [6.45, 7) is 9.58. The minimum atomic E-state index is -0.960. The van der Waals surface area contributed by atoms with Crippen LogP contribution >= 0.6 is 0 Å². The zero-order chi connectivity index (χ0) is 38.7. The first-order valence-electron chi connectivity index (χ1n) is 23.0. The molecular weight excluding hydrogens is 657 g/mol. The van der Waals surface area contributed by atoms with Crippen molar-refractivity contribution in [2.24, 2.45) is 5.73 Å². The van der Waals surface area contributed by atoms with Crippen molar-refractivity contribution >= 4 is 11.9 Å². The predicted molar refractivity (Wildman–Crippen MR) is 231 cm³/mol. The number of nitrogens with two attached hydrogens (primary N) is 1. The van der Waals surface area contributed by atoms with Crippen molar-refractivity contribution in [3.8, 4) is 0 Å². The highest BCUT2D eigenvalue weighted by atomic mass is 16.4. The fourth-order valence-electron chi connectivity index (χ4n) is 7.05. The van der Waals surface area contributed by atoms with Gasteiger partial charge in [0, 0.05) is 13.1 Å². The summed E-state index contributed by atoms with van der Waals surface area (Å²) in [6.07, 6.45) is 48.0. The summed E-state index contributed by atoms with van der Waals surface area (Å²) in [5.41, 5.74) is 5.42. The normalized spacial score (nSPS) is 12.5. The molecule has 53 heavy (non-hydrogen) atoms. The standard InChI is InChI=1S/C46H90N4O3/c1-3-5-7-9-11-13-15-17-19-21-23-25-27-29-31-33-37-48-39-35-41-50(44(46(52)53)43-45(47)51)42-36-40-49-38-34-32-30-28-26-24-22-20-18-16-14-12-10-8-6-4-2/h17-20,44,48-49H,3-16,21-43H2,1-2H3,(H2,47,51)(H,52,53). The highest BCUT2D eigenvalue weighted by Gasteiger charge is 2.26. The molecule has 0 saturated carbocycles. The molecule has 0 aromatic rings. The summed E-state index contributed by atoms with van der Waals surface area (Å²) >= 11 is 0. The van der Waals surface area contributed by atoms with Gasteiger partial charge in [-0.1, -0.05) is 154 Å². The van der Waals surface area contributed by atoms with Crippen molar-refractivity contribution in [2.45, 2.75) is 219 Å². The largest absolute Gasteiger partial charge is 0.480 e. The van der Waals surface area contributed by atoms with Crippen LogP contribution in [0.2, 0.25) is 0 Å². The van der Waals surface area contributed by atoms with E-state index in [0.717, 1.165) is 39.0 Å². The van der Waals surface area contributed by atoms with E-state index in [4.69, 9.17) is 5.73 Å². The number of aliphatic carboxylic acids is 1. The van der Waals surface area contributed by atoms with Gasteiger partial charge in [-0.05, 0) is 103 Å². The van der Waals surface area contributed by atoms with E-state index in [1.165, 1.54) is 180 Å². The molecule has 1 unspecified atom stereocenters. The Morgan fingerprint density at radius 2 is 0.792 bits per heavy atom. The van der Waals surface area contributed by atoms with Crippen LogP contribution in [0.15, 0.2) is 24.3 Å². The number of amides is 1. The highest BCUT2D eigenvalue weighted by molar-refractivity contribution is 5.83. The topological polar surface area (TPSA) is 108 Å². The highest BCUT2D eigenvalue weighted by Crippen LogP contribution is 2.12. The maximum Gasteiger partial charge on any atom is 0.321 e. The molecule has 0 bridgehead atoms. The molecule has 7 heteroatoms. The quantitative estimate of drug-likeness (QED) is 0.0365. The van der Waals surface area contributed by atoms with E-state index in [-0.39, 0.29) is 6.42 Å². The molecule has 0 rings (SSSR count). The van der Waals surface area contributed by atoms with E-state index in [0.29, 0.717) is 13.1 Å². The molecular formula is C46H90N4O3. The Bertz CT molecular complexity index is 784. The van der Waals surface area contributed by atoms with Crippen molar-refractivity contribution in [2.75, 3.05) is 39.3 Å². The van der Waals surface area contributed by atoms with Gasteiger partial charge in [-0.3, -0.25) is 14.5 Å². The molecule has 0 aromatic heterocycles. The van der Waals surface area contributed by atoms with Gasteiger partial charge in [-0.2, -0.15) is 0 Å². The molecule has 0 aromatic carbocycles. The predicted octanol–water partition coefficient (Wildman–Crippen LogP) is 11.7. The third-order valence-corrected chi connectivity index (χ3v) is 10.4. The molecule has 5 N–H and O–H groups in total. The van der Waals surface area contributed by atoms with E-state index in [9.17, 15) is 14.7 Å². The number of nitrogens with one attached hydrogen (secondary N) is 2. The molecule has 0 saturated heterocycles. The number of carbonyl (C=O) groups excluding carboxylic acids is 1. The lowest BCUT2D eigenvalue weighted by Crippen LogP contribution is -2.45. The molecule has 1 amide bonds. The van der Waals surface area contributed by atoms with E-state index in [1.54, 1.807) is 0 Å². The Morgan fingerprint density at radius 1 is 0.491 bits per heavy atom. The summed E-state index contributed by atoms with van der Waals surface area (Å²) in [7, 11) is 0. The monoisotopic (exact) mass is 747 g/mol. The Hall–Kier alpha value is -1.70. The van der Waals surface area contributed by atoms with Gasteiger partial charge in [-0.15, -0.1) is 0 Å². The van der Waals surface area contributed by atoms with Gasteiger partial charge in [0.15, 0.2) is 0 Å². The lowest BCUT2D eigenvalue weighted by atomic mass is 10.1. The molecule has 0 aliphatic carbocycles. The van der Waals surface area contributed by atoms with Crippen molar-refractivity contribution in [3.63, 3.8) is 0 Å². The third-order valence-electron chi connectivity index (χ3n) is 10.4. The molecule has 0 aliphatic rings. The second-order valence-corrected chi connectivity index (χ2v) is 15.6. The van der Waals surface area contributed by atoms with Crippen LogP contribution in [0.4, 0.5) is 0 Å². The molecule has 0 fully saturated rings. The maximum absolute atomic E-state index is 12.0. The van der Waals surface area contributed by atoms with Gasteiger partial charge < -0.3 is 21.5 Å². The number of rotatable bonds is 44. The average molecular weight is 747 g/mol. The Kier molecular flexibility index (Phi) is 41.7. The number of allylic oxidation sites excluding steroid dienone is 4. The first kappa shape index (κ1) is 51.3.